The number of benzene rings is 1. The van der Waals surface area contributed by atoms with Crippen LogP contribution in [0.25, 0.3) is 0 Å². The Bertz CT molecular complexity index is 780. The van der Waals surface area contributed by atoms with Gasteiger partial charge in [0.1, 0.15) is 6.54 Å². The van der Waals surface area contributed by atoms with Crippen molar-refractivity contribution in [2.24, 2.45) is 0 Å². The first-order chi connectivity index (χ1) is 12.2. The average Bonchev–Trinajstić information content (AvgIpc) is 2.97. The van der Waals surface area contributed by atoms with Gasteiger partial charge in [0, 0.05) is 42.6 Å². The number of alkyl halides is 3. The first-order valence-electron chi connectivity index (χ1n) is 8.14. The third-order valence-corrected chi connectivity index (χ3v) is 4.63. The van der Waals surface area contributed by atoms with Crippen LogP contribution in [0.1, 0.15) is 11.4 Å². The van der Waals surface area contributed by atoms with Crippen LogP contribution in [0.15, 0.2) is 30.3 Å². The van der Waals surface area contributed by atoms with Crippen molar-refractivity contribution >= 4 is 23.2 Å². The largest absolute Gasteiger partial charge is 0.435 e. The second-order valence-corrected chi connectivity index (χ2v) is 6.61. The Kier molecular flexibility index (Phi) is 5.13. The molecule has 2 aromatic rings. The molecule has 1 amide bonds. The molecule has 1 aromatic heterocycles. The van der Waals surface area contributed by atoms with E-state index in [0.717, 1.165) is 16.4 Å². The molecular weight excluding hydrogens is 369 g/mol. The molecule has 0 atom stereocenters. The van der Waals surface area contributed by atoms with E-state index in [-0.39, 0.29) is 12.5 Å². The molecule has 0 spiro atoms. The van der Waals surface area contributed by atoms with E-state index in [4.69, 9.17) is 11.6 Å². The molecule has 0 bridgehead atoms. The minimum absolute atomic E-state index is 0.192. The summed E-state index contributed by atoms with van der Waals surface area (Å²) in [5.41, 5.74) is 0.361. The lowest BCUT2D eigenvalue weighted by Gasteiger charge is -2.36. The van der Waals surface area contributed by atoms with Gasteiger partial charge < -0.3 is 9.80 Å². The molecule has 0 radical (unpaired) electrons. The van der Waals surface area contributed by atoms with E-state index < -0.39 is 11.9 Å². The highest BCUT2D eigenvalue weighted by atomic mass is 35.5. The summed E-state index contributed by atoms with van der Waals surface area (Å²) in [5, 5.41) is 4.17. The average molecular weight is 387 g/mol. The minimum Gasteiger partial charge on any atom is -0.368 e. The van der Waals surface area contributed by atoms with Crippen molar-refractivity contribution in [3.05, 3.63) is 46.7 Å². The Morgan fingerprint density at radius 3 is 2.31 bits per heavy atom. The van der Waals surface area contributed by atoms with Crippen molar-refractivity contribution < 1.29 is 18.0 Å². The number of aryl methyl sites for hydroxylation is 1. The number of nitrogens with zero attached hydrogens (tertiary/aromatic N) is 4. The van der Waals surface area contributed by atoms with Crippen molar-refractivity contribution in [2.75, 3.05) is 31.1 Å². The molecule has 1 aromatic carbocycles. The highest BCUT2D eigenvalue weighted by molar-refractivity contribution is 6.30. The maximum Gasteiger partial charge on any atom is 0.435 e. The maximum absolute atomic E-state index is 12.7. The number of piperazine rings is 1. The lowest BCUT2D eigenvalue weighted by atomic mass is 10.2. The lowest BCUT2D eigenvalue weighted by molar-refractivity contribution is -0.142. The van der Waals surface area contributed by atoms with E-state index in [0.29, 0.717) is 36.9 Å². The fraction of sp³-hybridized carbons (Fsp3) is 0.412. The van der Waals surface area contributed by atoms with E-state index >= 15 is 0 Å². The Hall–Kier alpha value is -2.22. The lowest BCUT2D eigenvalue weighted by Crippen LogP contribution is -2.49. The molecule has 0 saturated carbocycles. The number of anilines is 1. The van der Waals surface area contributed by atoms with Crippen LogP contribution >= 0.6 is 11.6 Å². The molecule has 0 N–H and O–H groups in total. The van der Waals surface area contributed by atoms with Crippen molar-refractivity contribution in [1.82, 2.24) is 14.7 Å². The predicted octanol–water partition coefficient (Wildman–Crippen LogP) is 3.21. The Morgan fingerprint density at radius 1 is 1.15 bits per heavy atom. The monoisotopic (exact) mass is 386 g/mol. The van der Waals surface area contributed by atoms with E-state index in [1.54, 1.807) is 4.90 Å². The first kappa shape index (κ1) is 18.6. The van der Waals surface area contributed by atoms with Gasteiger partial charge in [0.2, 0.25) is 5.91 Å². The topological polar surface area (TPSA) is 41.4 Å². The number of rotatable bonds is 3. The zero-order valence-corrected chi connectivity index (χ0v) is 14.9. The predicted molar refractivity (Wildman–Crippen MR) is 92.2 cm³/mol. The SMILES string of the molecule is Cc1cc(C(F)(F)F)nn1CC(=O)N1CCN(c2ccc(Cl)cc2)CC1. The molecular formula is C17H18ClF3N4O. The molecule has 1 saturated heterocycles. The summed E-state index contributed by atoms with van der Waals surface area (Å²) in [4.78, 5) is 16.2. The third kappa shape index (κ3) is 4.12. The van der Waals surface area contributed by atoms with E-state index in [1.807, 2.05) is 24.3 Å². The molecule has 26 heavy (non-hydrogen) atoms. The molecule has 140 valence electrons. The summed E-state index contributed by atoms with van der Waals surface area (Å²) in [6, 6.07) is 8.42. The van der Waals surface area contributed by atoms with Gasteiger partial charge in [-0.15, -0.1) is 0 Å². The number of carbonyl (C=O) groups is 1. The molecule has 0 unspecified atom stereocenters. The highest BCUT2D eigenvalue weighted by Crippen LogP contribution is 2.28. The molecule has 5 nitrogen and oxygen atoms in total. The fourth-order valence-corrected chi connectivity index (χ4v) is 3.03. The van der Waals surface area contributed by atoms with Crippen LogP contribution in [-0.2, 0) is 17.5 Å². The van der Waals surface area contributed by atoms with Crippen LogP contribution in [0.2, 0.25) is 5.02 Å². The minimum atomic E-state index is -4.51. The smallest absolute Gasteiger partial charge is 0.368 e. The van der Waals surface area contributed by atoms with Crippen molar-refractivity contribution in [2.45, 2.75) is 19.6 Å². The summed E-state index contributed by atoms with van der Waals surface area (Å²) in [6.45, 7) is 3.64. The molecule has 0 aliphatic carbocycles. The standard InChI is InChI=1S/C17H18ClF3N4O/c1-12-10-15(17(19,20)21)22-25(12)11-16(26)24-8-6-23(7-9-24)14-4-2-13(18)3-5-14/h2-5,10H,6-9,11H2,1H3. The van der Waals surface area contributed by atoms with E-state index in [2.05, 4.69) is 10.00 Å². The van der Waals surface area contributed by atoms with Gasteiger partial charge in [-0.2, -0.15) is 18.3 Å². The zero-order chi connectivity index (χ0) is 18.9. The molecule has 1 aliphatic heterocycles. The molecule has 1 fully saturated rings. The fourth-order valence-electron chi connectivity index (χ4n) is 2.90. The Labute approximate surface area is 153 Å². The van der Waals surface area contributed by atoms with Crippen LogP contribution in [0.4, 0.5) is 18.9 Å². The Morgan fingerprint density at radius 2 is 1.77 bits per heavy atom. The zero-order valence-electron chi connectivity index (χ0n) is 14.1. The summed E-state index contributed by atoms with van der Waals surface area (Å²) in [6.07, 6.45) is -4.51. The summed E-state index contributed by atoms with van der Waals surface area (Å²) in [5.74, 6) is -0.235. The highest BCUT2D eigenvalue weighted by Gasteiger charge is 2.34. The number of aromatic nitrogens is 2. The molecule has 9 heteroatoms. The van der Waals surface area contributed by atoms with Gasteiger partial charge in [0.15, 0.2) is 5.69 Å². The first-order valence-corrected chi connectivity index (χ1v) is 8.52. The van der Waals surface area contributed by atoms with Crippen LogP contribution in [-0.4, -0.2) is 46.8 Å². The number of hydrogen-bond donors (Lipinski definition) is 0. The molecule has 3 rings (SSSR count). The van der Waals surface area contributed by atoms with Crippen molar-refractivity contribution in [3.63, 3.8) is 0 Å². The van der Waals surface area contributed by atoms with Gasteiger partial charge >= 0.3 is 6.18 Å². The number of hydrogen-bond acceptors (Lipinski definition) is 3. The second kappa shape index (κ2) is 7.19. The maximum atomic E-state index is 12.7. The number of carbonyl (C=O) groups excluding carboxylic acids is 1. The van der Waals surface area contributed by atoms with Crippen LogP contribution in [0.5, 0.6) is 0 Å². The van der Waals surface area contributed by atoms with Gasteiger partial charge in [-0.25, -0.2) is 0 Å². The van der Waals surface area contributed by atoms with Crippen molar-refractivity contribution in [3.8, 4) is 0 Å². The summed E-state index contributed by atoms with van der Waals surface area (Å²) >= 11 is 5.88. The van der Waals surface area contributed by atoms with Crippen LogP contribution in [0, 0.1) is 6.92 Å². The van der Waals surface area contributed by atoms with E-state index in [1.165, 1.54) is 6.92 Å². The van der Waals surface area contributed by atoms with Crippen molar-refractivity contribution in [1.29, 1.82) is 0 Å². The van der Waals surface area contributed by atoms with Crippen LogP contribution < -0.4 is 4.90 Å². The summed E-state index contributed by atoms with van der Waals surface area (Å²) in [7, 11) is 0. The molecule has 1 aliphatic rings. The third-order valence-electron chi connectivity index (χ3n) is 4.38. The van der Waals surface area contributed by atoms with Gasteiger partial charge in [0.05, 0.1) is 0 Å². The normalized spacial score (nSPS) is 15.4. The number of halogens is 4. The second-order valence-electron chi connectivity index (χ2n) is 6.17. The summed E-state index contributed by atoms with van der Waals surface area (Å²) < 4.78 is 39.3. The molecule has 2 heterocycles. The van der Waals surface area contributed by atoms with Gasteiger partial charge in [-0.3, -0.25) is 9.48 Å². The Balaban J connectivity index is 1.59. The van der Waals surface area contributed by atoms with Crippen LogP contribution in [0.3, 0.4) is 0 Å². The van der Waals surface area contributed by atoms with Gasteiger partial charge in [-0.05, 0) is 37.3 Å². The van der Waals surface area contributed by atoms with E-state index in [9.17, 15) is 18.0 Å². The quantitative estimate of drug-likeness (QED) is 0.813. The number of amides is 1. The van der Waals surface area contributed by atoms with Gasteiger partial charge in [0.25, 0.3) is 0 Å². The van der Waals surface area contributed by atoms with Gasteiger partial charge in [-0.1, -0.05) is 11.6 Å².